The van der Waals surface area contributed by atoms with Gasteiger partial charge in [0, 0.05) is 19.3 Å². The van der Waals surface area contributed by atoms with E-state index in [1.165, 1.54) is 36.6 Å². The average molecular weight is 251 g/mol. The molecule has 1 saturated heterocycles. The van der Waals surface area contributed by atoms with Crippen LogP contribution in [0.2, 0.25) is 0 Å². The molecule has 0 saturated carbocycles. The van der Waals surface area contributed by atoms with Gasteiger partial charge in [-0.2, -0.15) is 0 Å². The molecule has 3 rings (SSSR count). The minimum atomic E-state index is 0.690. The maximum absolute atomic E-state index is 2.39. The number of hydrogen-bond donors (Lipinski definition) is 0. The molecule has 2 heterocycles. The van der Waals surface area contributed by atoms with Gasteiger partial charge < -0.3 is 4.90 Å². The van der Waals surface area contributed by atoms with Gasteiger partial charge in [-0.15, -0.1) is 23.5 Å². The summed E-state index contributed by atoms with van der Waals surface area (Å²) in [7, 11) is 2.21. The van der Waals surface area contributed by atoms with Gasteiger partial charge in [-0.05, 0) is 41.5 Å². The first-order chi connectivity index (χ1) is 7.86. The standard InChI is InChI=1S/C13H17NS2/c1-14-7-6-10-11(4-2-5-12(10)14)13-15-8-3-9-16-13/h2,4-5,13H,3,6-9H2,1H3. The Labute approximate surface area is 106 Å². The third kappa shape index (κ3) is 1.84. The molecule has 0 N–H and O–H groups in total. The molecule has 1 nitrogen and oxygen atoms in total. The fourth-order valence-electron chi connectivity index (χ4n) is 2.51. The molecule has 0 atom stereocenters. The molecule has 1 fully saturated rings. The molecule has 0 spiro atoms. The van der Waals surface area contributed by atoms with Crippen LogP contribution in [-0.4, -0.2) is 25.1 Å². The number of hydrogen-bond acceptors (Lipinski definition) is 3. The minimum Gasteiger partial charge on any atom is -0.374 e. The zero-order valence-corrected chi connectivity index (χ0v) is 11.2. The van der Waals surface area contributed by atoms with Crippen LogP contribution < -0.4 is 4.90 Å². The lowest BCUT2D eigenvalue weighted by molar-refractivity contribution is 0.952. The Hall–Kier alpha value is -0.280. The first kappa shape index (κ1) is 10.8. The van der Waals surface area contributed by atoms with Gasteiger partial charge in [0.2, 0.25) is 0 Å². The Balaban J connectivity index is 1.95. The third-order valence-electron chi connectivity index (χ3n) is 3.38. The first-order valence-electron chi connectivity index (χ1n) is 5.92. The van der Waals surface area contributed by atoms with Crippen LogP contribution in [0.15, 0.2) is 18.2 Å². The van der Waals surface area contributed by atoms with Crippen LogP contribution >= 0.6 is 23.5 Å². The number of likely N-dealkylation sites (N-methyl/N-ethyl adjacent to an activating group) is 1. The molecule has 16 heavy (non-hydrogen) atoms. The number of thioether (sulfide) groups is 2. The molecule has 86 valence electrons. The highest BCUT2D eigenvalue weighted by Crippen LogP contribution is 2.47. The topological polar surface area (TPSA) is 3.24 Å². The van der Waals surface area contributed by atoms with Crippen LogP contribution in [0.3, 0.4) is 0 Å². The Morgan fingerprint density at radius 1 is 1.25 bits per heavy atom. The van der Waals surface area contributed by atoms with Crippen LogP contribution in [-0.2, 0) is 6.42 Å². The fourth-order valence-corrected chi connectivity index (χ4v) is 5.51. The predicted octanol–water partition coefficient (Wildman–Crippen LogP) is 3.55. The van der Waals surface area contributed by atoms with Crippen molar-refractivity contribution < 1.29 is 0 Å². The lowest BCUT2D eigenvalue weighted by atomic mass is 10.1. The van der Waals surface area contributed by atoms with E-state index in [1.807, 2.05) is 0 Å². The molecule has 2 aliphatic heterocycles. The maximum atomic E-state index is 2.39. The monoisotopic (exact) mass is 251 g/mol. The van der Waals surface area contributed by atoms with Crippen LogP contribution in [0.5, 0.6) is 0 Å². The molecule has 0 aromatic heterocycles. The van der Waals surface area contributed by atoms with Gasteiger partial charge in [0.15, 0.2) is 0 Å². The van der Waals surface area contributed by atoms with Crippen molar-refractivity contribution in [2.24, 2.45) is 0 Å². The minimum absolute atomic E-state index is 0.690. The Morgan fingerprint density at radius 2 is 2.06 bits per heavy atom. The number of anilines is 1. The van der Waals surface area contributed by atoms with Crippen LogP contribution in [0.4, 0.5) is 5.69 Å². The number of rotatable bonds is 1. The van der Waals surface area contributed by atoms with Crippen molar-refractivity contribution >= 4 is 29.2 Å². The Bertz CT molecular complexity index is 386. The van der Waals surface area contributed by atoms with E-state index in [1.54, 1.807) is 11.1 Å². The number of nitrogens with zero attached hydrogens (tertiary/aromatic N) is 1. The normalized spacial score (nSPS) is 21.2. The summed E-state index contributed by atoms with van der Waals surface area (Å²) in [5, 5.41) is 0. The van der Waals surface area contributed by atoms with E-state index >= 15 is 0 Å². The smallest absolute Gasteiger partial charge is 0.0754 e. The van der Waals surface area contributed by atoms with Gasteiger partial charge >= 0.3 is 0 Å². The van der Waals surface area contributed by atoms with Gasteiger partial charge in [0.1, 0.15) is 0 Å². The van der Waals surface area contributed by atoms with E-state index in [-0.39, 0.29) is 0 Å². The molecule has 1 aromatic carbocycles. The van der Waals surface area contributed by atoms with E-state index in [0.717, 1.165) is 0 Å². The lowest BCUT2D eigenvalue weighted by Gasteiger charge is -2.23. The lowest BCUT2D eigenvalue weighted by Crippen LogP contribution is -2.12. The van der Waals surface area contributed by atoms with Gasteiger partial charge in [0.05, 0.1) is 4.58 Å². The predicted molar refractivity (Wildman–Crippen MR) is 75.7 cm³/mol. The molecule has 3 heteroatoms. The van der Waals surface area contributed by atoms with Crippen LogP contribution in [0.25, 0.3) is 0 Å². The van der Waals surface area contributed by atoms with Crippen molar-refractivity contribution in [1.82, 2.24) is 0 Å². The molecular weight excluding hydrogens is 234 g/mol. The fraction of sp³-hybridized carbons (Fsp3) is 0.538. The van der Waals surface area contributed by atoms with E-state index in [0.29, 0.717) is 4.58 Å². The molecule has 1 aromatic rings. The number of fused-ring (bicyclic) bond motifs is 1. The zero-order valence-electron chi connectivity index (χ0n) is 9.61. The van der Waals surface area contributed by atoms with Gasteiger partial charge in [-0.3, -0.25) is 0 Å². The summed E-state index contributed by atoms with van der Waals surface area (Å²) >= 11 is 4.26. The second kappa shape index (κ2) is 4.53. The van der Waals surface area contributed by atoms with Crippen LogP contribution in [0.1, 0.15) is 22.1 Å². The van der Waals surface area contributed by atoms with Crippen molar-refractivity contribution in [3.63, 3.8) is 0 Å². The average Bonchev–Trinajstić information content (AvgIpc) is 2.73. The van der Waals surface area contributed by atoms with E-state index in [2.05, 4.69) is 53.7 Å². The van der Waals surface area contributed by atoms with Crippen molar-refractivity contribution in [1.29, 1.82) is 0 Å². The molecule has 0 radical (unpaired) electrons. The van der Waals surface area contributed by atoms with Gasteiger partial charge in [-0.1, -0.05) is 12.1 Å². The Morgan fingerprint density at radius 3 is 2.88 bits per heavy atom. The summed E-state index contributed by atoms with van der Waals surface area (Å²) in [5.74, 6) is 2.66. The maximum Gasteiger partial charge on any atom is 0.0754 e. The summed E-state index contributed by atoms with van der Waals surface area (Å²) in [6.07, 6.45) is 2.61. The summed E-state index contributed by atoms with van der Waals surface area (Å²) in [4.78, 5) is 2.39. The third-order valence-corrected chi connectivity index (χ3v) is 6.36. The second-order valence-electron chi connectivity index (χ2n) is 4.44. The van der Waals surface area contributed by atoms with Gasteiger partial charge in [-0.25, -0.2) is 0 Å². The molecule has 0 amide bonds. The first-order valence-corrected chi connectivity index (χ1v) is 8.02. The molecular formula is C13H17NS2. The largest absolute Gasteiger partial charge is 0.374 e. The highest BCUT2D eigenvalue weighted by Gasteiger charge is 2.24. The molecule has 0 bridgehead atoms. The van der Waals surface area contributed by atoms with Gasteiger partial charge in [0.25, 0.3) is 0 Å². The molecule has 2 aliphatic rings. The van der Waals surface area contributed by atoms with E-state index < -0.39 is 0 Å². The quantitative estimate of drug-likeness (QED) is 0.751. The molecule has 0 aliphatic carbocycles. The van der Waals surface area contributed by atoms with Crippen LogP contribution in [0, 0.1) is 0 Å². The van der Waals surface area contributed by atoms with Crippen molar-refractivity contribution in [3.8, 4) is 0 Å². The highest BCUT2D eigenvalue weighted by molar-refractivity contribution is 8.16. The van der Waals surface area contributed by atoms with Crippen molar-refractivity contribution in [2.75, 3.05) is 30.0 Å². The van der Waals surface area contributed by atoms with Crippen molar-refractivity contribution in [3.05, 3.63) is 29.3 Å². The highest BCUT2D eigenvalue weighted by atomic mass is 32.2. The molecule has 0 unspecified atom stereocenters. The zero-order chi connectivity index (χ0) is 11.0. The summed E-state index contributed by atoms with van der Waals surface area (Å²) < 4.78 is 0.690. The summed E-state index contributed by atoms with van der Waals surface area (Å²) in [5.41, 5.74) is 4.66. The summed E-state index contributed by atoms with van der Waals surface area (Å²) in [6.45, 7) is 1.19. The SMILES string of the molecule is CN1CCc2c(C3SCCCS3)cccc21. The second-order valence-corrected chi connectivity index (χ2v) is 7.17. The number of benzene rings is 1. The summed E-state index contributed by atoms with van der Waals surface area (Å²) in [6, 6.07) is 6.84. The van der Waals surface area contributed by atoms with E-state index in [9.17, 15) is 0 Å². The Kier molecular flexibility index (Phi) is 3.07. The van der Waals surface area contributed by atoms with E-state index in [4.69, 9.17) is 0 Å². The van der Waals surface area contributed by atoms with Crippen molar-refractivity contribution in [2.45, 2.75) is 17.4 Å².